The number of benzene rings is 1. The highest BCUT2D eigenvalue weighted by Gasteiger charge is 2.28. The largest absolute Gasteiger partial charge is 0.300 e. The number of hydrogen-bond acceptors (Lipinski definition) is 2. The van der Waals surface area contributed by atoms with Crippen LogP contribution >= 0.6 is 15.9 Å². The van der Waals surface area contributed by atoms with Crippen LogP contribution in [0.1, 0.15) is 29.6 Å². The molecule has 78 valence electrons. The van der Waals surface area contributed by atoms with Crippen molar-refractivity contribution in [3.63, 3.8) is 0 Å². The van der Waals surface area contributed by atoms with Crippen LogP contribution in [0, 0.1) is 5.92 Å². The van der Waals surface area contributed by atoms with Gasteiger partial charge in [-0.25, -0.2) is 0 Å². The van der Waals surface area contributed by atoms with E-state index >= 15 is 0 Å². The molecule has 15 heavy (non-hydrogen) atoms. The van der Waals surface area contributed by atoms with Crippen molar-refractivity contribution in [1.82, 2.24) is 0 Å². The predicted molar refractivity (Wildman–Crippen MR) is 60.8 cm³/mol. The van der Waals surface area contributed by atoms with Crippen LogP contribution in [0.5, 0.6) is 0 Å². The van der Waals surface area contributed by atoms with E-state index in [4.69, 9.17) is 0 Å². The first-order valence-corrected chi connectivity index (χ1v) is 5.77. The van der Waals surface area contributed by atoms with Gasteiger partial charge in [-0.1, -0.05) is 28.1 Å². The Morgan fingerprint density at radius 3 is 2.80 bits per heavy atom. The van der Waals surface area contributed by atoms with Crippen LogP contribution in [0.2, 0.25) is 0 Å². The van der Waals surface area contributed by atoms with Gasteiger partial charge in [-0.15, -0.1) is 0 Å². The van der Waals surface area contributed by atoms with Gasteiger partial charge in [0.15, 0.2) is 5.78 Å². The van der Waals surface area contributed by atoms with Crippen LogP contribution in [-0.4, -0.2) is 11.6 Å². The molecule has 0 saturated heterocycles. The second-order valence-corrected chi connectivity index (χ2v) is 4.77. The Bertz CT molecular complexity index is 412. The topological polar surface area (TPSA) is 34.1 Å². The Kier molecular flexibility index (Phi) is 3.00. The van der Waals surface area contributed by atoms with Gasteiger partial charge in [0.05, 0.1) is 0 Å². The number of Topliss-reactive ketones (excluding diaryl/α,β-unsaturated/α-hetero) is 2. The third-order valence-electron chi connectivity index (χ3n) is 2.73. The molecule has 0 N–H and O–H groups in total. The smallest absolute Gasteiger partial charge is 0.166 e. The molecule has 1 aliphatic rings. The standard InChI is InChI=1S/C12H11BrO2/c13-10-3-1-2-8(6-10)12(15)9-4-5-11(14)7-9/h1-3,6,9H,4-5,7H2. The molecule has 1 unspecified atom stereocenters. The molecule has 0 heterocycles. The zero-order chi connectivity index (χ0) is 10.8. The molecule has 0 aliphatic heterocycles. The van der Waals surface area contributed by atoms with E-state index in [9.17, 15) is 9.59 Å². The Hall–Kier alpha value is -0.960. The molecule has 1 aromatic carbocycles. The number of carbonyl (C=O) groups is 2. The lowest BCUT2D eigenvalue weighted by molar-refractivity contribution is -0.117. The predicted octanol–water partition coefficient (Wildman–Crippen LogP) is 3.00. The summed E-state index contributed by atoms with van der Waals surface area (Å²) in [6.45, 7) is 0. The van der Waals surface area contributed by atoms with Crippen molar-refractivity contribution in [2.45, 2.75) is 19.3 Å². The van der Waals surface area contributed by atoms with Gasteiger partial charge in [-0.05, 0) is 18.6 Å². The molecule has 2 nitrogen and oxygen atoms in total. The van der Waals surface area contributed by atoms with Gasteiger partial charge in [-0.3, -0.25) is 9.59 Å². The highest BCUT2D eigenvalue weighted by molar-refractivity contribution is 9.10. The third-order valence-corrected chi connectivity index (χ3v) is 3.22. The monoisotopic (exact) mass is 266 g/mol. The van der Waals surface area contributed by atoms with Crippen molar-refractivity contribution in [3.05, 3.63) is 34.3 Å². The van der Waals surface area contributed by atoms with Crippen molar-refractivity contribution < 1.29 is 9.59 Å². The lowest BCUT2D eigenvalue weighted by Gasteiger charge is -2.06. The summed E-state index contributed by atoms with van der Waals surface area (Å²) < 4.78 is 0.901. The average molecular weight is 267 g/mol. The zero-order valence-electron chi connectivity index (χ0n) is 8.20. The van der Waals surface area contributed by atoms with E-state index in [2.05, 4.69) is 15.9 Å². The van der Waals surface area contributed by atoms with Crippen LogP contribution < -0.4 is 0 Å². The van der Waals surface area contributed by atoms with E-state index in [1.165, 1.54) is 0 Å². The van der Waals surface area contributed by atoms with Gasteiger partial charge in [0.25, 0.3) is 0 Å². The quantitative estimate of drug-likeness (QED) is 0.772. The molecule has 1 aliphatic carbocycles. The zero-order valence-corrected chi connectivity index (χ0v) is 9.79. The summed E-state index contributed by atoms with van der Waals surface area (Å²) in [5.74, 6) is 0.220. The lowest BCUT2D eigenvalue weighted by atomic mass is 9.96. The Morgan fingerprint density at radius 2 is 2.20 bits per heavy atom. The van der Waals surface area contributed by atoms with Gasteiger partial charge < -0.3 is 0 Å². The van der Waals surface area contributed by atoms with E-state index in [0.717, 1.165) is 4.47 Å². The molecular weight excluding hydrogens is 256 g/mol. The first-order chi connectivity index (χ1) is 7.16. The number of hydrogen-bond donors (Lipinski definition) is 0. The minimum Gasteiger partial charge on any atom is -0.300 e. The summed E-state index contributed by atoms with van der Waals surface area (Å²) in [5, 5.41) is 0. The molecule has 3 heteroatoms. The molecular formula is C12H11BrO2. The van der Waals surface area contributed by atoms with E-state index in [1.807, 2.05) is 18.2 Å². The average Bonchev–Trinajstić information content (AvgIpc) is 2.64. The molecule has 0 radical (unpaired) electrons. The van der Waals surface area contributed by atoms with Crippen molar-refractivity contribution in [1.29, 1.82) is 0 Å². The van der Waals surface area contributed by atoms with Crippen LogP contribution in [0.4, 0.5) is 0 Å². The third kappa shape index (κ3) is 2.34. The van der Waals surface area contributed by atoms with Crippen LogP contribution in [-0.2, 0) is 4.79 Å². The molecule has 1 aromatic rings. The van der Waals surface area contributed by atoms with Crippen LogP contribution in [0.15, 0.2) is 28.7 Å². The second kappa shape index (κ2) is 4.27. The van der Waals surface area contributed by atoms with E-state index in [-0.39, 0.29) is 17.5 Å². The van der Waals surface area contributed by atoms with Crippen LogP contribution in [0.25, 0.3) is 0 Å². The molecule has 0 aromatic heterocycles. The Morgan fingerprint density at radius 1 is 1.40 bits per heavy atom. The first-order valence-electron chi connectivity index (χ1n) is 4.98. The highest BCUT2D eigenvalue weighted by Crippen LogP contribution is 2.26. The minimum atomic E-state index is -0.0909. The van der Waals surface area contributed by atoms with Gasteiger partial charge in [0.1, 0.15) is 5.78 Å². The van der Waals surface area contributed by atoms with Gasteiger partial charge in [-0.2, -0.15) is 0 Å². The second-order valence-electron chi connectivity index (χ2n) is 3.85. The van der Waals surface area contributed by atoms with Gasteiger partial charge >= 0.3 is 0 Å². The number of rotatable bonds is 2. The normalized spacial score (nSPS) is 20.6. The van der Waals surface area contributed by atoms with E-state index in [0.29, 0.717) is 24.8 Å². The summed E-state index contributed by atoms with van der Waals surface area (Å²) >= 11 is 3.33. The first kappa shape index (κ1) is 10.6. The maximum Gasteiger partial charge on any atom is 0.166 e. The summed E-state index contributed by atoms with van der Waals surface area (Å²) in [7, 11) is 0. The minimum absolute atomic E-state index is 0.0909. The van der Waals surface area contributed by atoms with Crippen LogP contribution in [0.3, 0.4) is 0 Å². The number of halogens is 1. The molecule has 0 bridgehead atoms. The van der Waals surface area contributed by atoms with Crippen molar-refractivity contribution >= 4 is 27.5 Å². The molecule has 1 atom stereocenters. The maximum absolute atomic E-state index is 12.0. The fraction of sp³-hybridized carbons (Fsp3) is 0.333. The fourth-order valence-corrected chi connectivity index (χ4v) is 2.31. The number of carbonyl (C=O) groups excluding carboxylic acids is 2. The molecule has 1 fully saturated rings. The number of ketones is 2. The van der Waals surface area contributed by atoms with E-state index in [1.54, 1.807) is 6.07 Å². The summed E-state index contributed by atoms with van der Waals surface area (Å²) in [5.41, 5.74) is 0.698. The summed E-state index contributed by atoms with van der Waals surface area (Å²) in [6, 6.07) is 7.34. The molecule has 1 saturated carbocycles. The molecule has 2 rings (SSSR count). The summed E-state index contributed by atoms with van der Waals surface area (Å²) in [6.07, 6.45) is 1.69. The summed E-state index contributed by atoms with van der Waals surface area (Å²) in [4.78, 5) is 23.1. The lowest BCUT2D eigenvalue weighted by Crippen LogP contribution is -2.11. The maximum atomic E-state index is 12.0. The highest BCUT2D eigenvalue weighted by atomic mass is 79.9. The Balaban J connectivity index is 2.17. The van der Waals surface area contributed by atoms with Crippen molar-refractivity contribution in [2.24, 2.45) is 5.92 Å². The van der Waals surface area contributed by atoms with Gasteiger partial charge in [0.2, 0.25) is 0 Å². The van der Waals surface area contributed by atoms with E-state index < -0.39 is 0 Å². The fourth-order valence-electron chi connectivity index (χ4n) is 1.92. The Labute approximate surface area is 96.8 Å². The molecule has 0 amide bonds. The van der Waals surface area contributed by atoms with Crippen molar-refractivity contribution in [2.75, 3.05) is 0 Å². The SMILES string of the molecule is O=C1CCC(C(=O)c2cccc(Br)c2)C1. The molecule has 0 spiro atoms. The van der Waals surface area contributed by atoms with Crippen molar-refractivity contribution in [3.8, 4) is 0 Å². The van der Waals surface area contributed by atoms with Gasteiger partial charge in [0, 0.05) is 28.8 Å².